The normalized spacial score (nSPS) is 14.4. The molecule has 0 spiro atoms. The van der Waals surface area contributed by atoms with Crippen LogP contribution in [-0.4, -0.2) is 24.4 Å². The number of carbonyl (C=O) groups excluding carboxylic acids is 2. The first-order valence-corrected chi connectivity index (χ1v) is 9.69. The first-order chi connectivity index (χ1) is 13.1. The molecular weight excluding hydrogens is 362 g/mol. The second-order valence-electron chi connectivity index (χ2n) is 6.77. The molecule has 0 aliphatic heterocycles. The van der Waals surface area contributed by atoms with Crippen LogP contribution in [0.15, 0.2) is 48.5 Å². The van der Waals surface area contributed by atoms with Gasteiger partial charge < -0.3 is 16.0 Å². The lowest BCUT2D eigenvalue weighted by atomic mass is 9.95. The van der Waals surface area contributed by atoms with E-state index >= 15 is 0 Å². The van der Waals surface area contributed by atoms with Crippen LogP contribution in [0.4, 0.5) is 11.4 Å². The van der Waals surface area contributed by atoms with Crippen LogP contribution in [0.2, 0.25) is 5.02 Å². The number of nitrogens with one attached hydrogen (secondary N) is 3. The lowest BCUT2D eigenvalue weighted by molar-refractivity contribution is -0.114. The van der Waals surface area contributed by atoms with Crippen molar-refractivity contribution in [3.63, 3.8) is 0 Å². The lowest BCUT2D eigenvalue weighted by Gasteiger charge is -2.22. The average Bonchev–Trinajstić information content (AvgIpc) is 2.69. The van der Waals surface area contributed by atoms with Crippen LogP contribution >= 0.6 is 11.6 Å². The summed E-state index contributed by atoms with van der Waals surface area (Å²) in [7, 11) is 0. The van der Waals surface area contributed by atoms with Gasteiger partial charge in [0.1, 0.15) is 0 Å². The lowest BCUT2D eigenvalue weighted by Crippen LogP contribution is -2.36. The van der Waals surface area contributed by atoms with Crippen LogP contribution in [0.5, 0.6) is 0 Å². The Morgan fingerprint density at radius 2 is 1.67 bits per heavy atom. The zero-order chi connectivity index (χ0) is 19.1. The van der Waals surface area contributed by atoms with Crippen LogP contribution in [0, 0.1) is 0 Å². The van der Waals surface area contributed by atoms with Gasteiger partial charge in [0, 0.05) is 17.3 Å². The van der Waals surface area contributed by atoms with Gasteiger partial charge in [-0.05, 0) is 49.2 Å². The maximum absolute atomic E-state index is 12.3. The predicted molar refractivity (Wildman–Crippen MR) is 109 cm³/mol. The maximum Gasteiger partial charge on any atom is 0.251 e. The molecule has 1 fully saturated rings. The van der Waals surface area contributed by atoms with Crippen molar-refractivity contribution in [1.29, 1.82) is 0 Å². The average molecular weight is 386 g/mol. The van der Waals surface area contributed by atoms with Crippen molar-refractivity contribution in [2.45, 2.75) is 38.1 Å². The third-order valence-electron chi connectivity index (χ3n) is 4.69. The quantitative estimate of drug-likeness (QED) is 0.687. The minimum absolute atomic E-state index is 0.0371. The van der Waals surface area contributed by atoms with Gasteiger partial charge in [-0.15, -0.1) is 0 Å². The van der Waals surface area contributed by atoms with Gasteiger partial charge in [-0.2, -0.15) is 0 Å². The topological polar surface area (TPSA) is 70.2 Å². The second-order valence-corrected chi connectivity index (χ2v) is 7.17. The molecule has 0 unspecified atom stereocenters. The van der Waals surface area contributed by atoms with Crippen LogP contribution in [0.1, 0.15) is 42.5 Å². The zero-order valence-electron chi connectivity index (χ0n) is 15.1. The predicted octanol–water partition coefficient (Wildman–Crippen LogP) is 4.45. The smallest absolute Gasteiger partial charge is 0.251 e. The Bertz CT molecular complexity index is 786. The summed E-state index contributed by atoms with van der Waals surface area (Å²) >= 11 is 6.03. The van der Waals surface area contributed by atoms with Crippen molar-refractivity contribution in [2.24, 2.45) is 0 Å². The summed E-state index contributed by atoms with van der Waals surface area (Å²) in [5.74, 6) is -0.230. The molecular formula is C21H24ClN3O2. The highest BCUT2D eigenvalue weighted by Gasteiger charge is 2.16. The minimum atomic E-state index is -0.192. The summed E-state index contributed by atoms with van der Waals surface area (Å²) in [6, 6.07) is 14.5. The molecule has 3 N–H and O–H groups in total. The molecule has 0 atom stereocenters. The SMILES string of the molecule is O=C(CNc1ccc(C(=O)NC2CCCCC2)cc1)Nc1ccccc1Cl. The highest BCUT2D eigenvalue weighted by molar-refractivity contribution is 6.33. The molecule has 1 saturated carbocycles. The summed E-state index contributed by atoms with van der Waals surface area (Å²) < 4.78 is 0. The molecule has 2 aromatic carbocycles. The highest BCUT2D eigenvalue weighted by Crippen LogP contribution is 2.20. The van der Waals surface area contributed by atoms with Crippen molar-refractivity contribution in [1.82, 2.24) is 5.32 Å². The molecule has 0 saturated heterocycles. The first kappa shape index (κ1) is 19.2. The van der Waals surface area contributed by atoms with Crippen molar-refractivity contribution in [2.75, 3.05) is 17.2 Å². The van der Waals surface area contributed by atoms with E-state index in [1.54, 1.807) is 36.4 Å². The fourth-order valence-corrected chi connectivity index (χ4v) is 3.38. The van der Waals surface area contributed by atoms with Crippen molar-refractivity contribution < 1.29 is 9.59 Å². The molecule has 2 amide bonds. The summed E-state index contributed by atoms with van der Waals surface area (Å²) in [4.78, 5) is 24.4. The third kappa shape index (κ3) is 5.73. The van der Waals surface area contributed by atoms with Crippen molar-refractivity contribution >= 4 is 34.8 Å². The minimum Gasteiger partial charge on any atom is -0.376 e. The van der Waals surface area contributed by atoms with E-state index in [-0.39, 0.29) is 24.4 Å². The number of rotatable bonds is 6. The molecule has 0 radical (unpaired) electrons. The number of halogens is 1. The Morgan fingerprint density at radius 3 is 2.37 bits per heavy atom. The van der Waals surface area contributed by atoms with E-state index in [9.17, 15) is 9.59 Å². The highest BCUT2D eigenvalue weighted by atomic mass is 35.5. The van der Waals surface area contributed by atoms with Crippen molar-refractivity contribution in [3.8, 4) is 0 Å². The van der Waals surface area contributed by atoms with Gasteiger partial charge in [0.2, 0.25) is 5.91 Å². The fourth-order valence-electron chi connectivity index (χ4n) is 3.19. The number of anilines is 2. The Labute approximate surface area is 164 Å². The monoisotopic (exact) mass is 385 g/mol. The second kappa shape index (κ2) is 9.42. The van der Waals surface area contributed by atoms with Gasteiger partial charge in [-0.1, -0.05) is 43.0 Å². The summed E-state index contributed by atoms with van der Waals surface area (Å²) in [6.07, 6.45) is 5.75. The summed E-state index contributed by atoms with van der Waals surface area (Å²) in [5, 5.41) is 9.40. The van der Waals surface area contributed by atoms with Crippen LogP contribution in [0.3, 0.4) is 0 Å². The number of benzene rings is 2. The molecule has 5 nitrogen and oxygen atoms in total. The molecule has 1 aliphatic carbocycles. The van der Waals surface area contributed by atoms with E-state index in [2.05, 4.69) is 16.0 Å². The van der Waals surface area contributed by atoms with Gasteiger partial charge in [0.15, 0.2) is 0 Å². The fraction of sp³-hybridized carbons (Fsp3) is 0.333. The maximum atomic E-state index is 12.3. The van der Waals surface area contributed by atoms with Crippen LogP contribution in [-0.2, 0) is 4.79 Å². The number of amides is 2. The Kier molecular flexibility index (Phi) is 6.71. The Hall–Kier alpha value is -2.53. The van der Waals surface area contributed by atoms with Gasteiger partial charge in [-0.25, -0.2) is 0 Å². The number of hydrogen-bond acceptors (Lipinski definition) is 3. The molecule has 1 aliphatic rings. The standard InChI is InChI=1S/C21H24ClN3O2/c22-18-8-4-5-9-19(18)25-20(26)14-23-16-12-10-15(11-13-16)21(27)24-17-6-2-1-3-7-17/h4-5,8-13,17,23H,1-3,6-7,14H2,(H,24,27)(H,25,26). The van der Waals surface area contributed by atoms with Gasteiger partial charge in [0.05, 0.1) is 17.3 Å². The van der Waals surface area contributed by atoms with Crippen molar-refractivity contribution in [3.05, 3.63) is 59.1 Å². The first-order valence-electron chi connectivity index (χ1n) is 9.31. The molecule has 0 aromatic heterocycles. The third-order valence-corrected chi connectivity index (χ3v) is 5.02. The van der Waals surface area contributed by atoms with E-state index in [1.807, 2.05) is 12.1 Å². The molecule has 6 heteroatoms. The van der Waals surface area contributed by atoms with E-state index < -0.39 is 0 Å². The molecule has 2 aromatic rings. The van der Waals surface area contributed by atoms with E-state index in [1.165, 1.54) is 19.3 Å². The van der Waals surface area contributed by atoms with Gasteiger partial charge in [-0.3, -0.25) is 9.59 Å². The Balaban J connectivity index is 1.48. The van der Waals surface area contributed by atoms with Gasteiger partial charge in [0.25, 0.3) is 5.91 Å². The molecule has 3 rings (SSSR count). The molecule has 0 heterocycles. The Morgan fingerprint density at radius 1 is 0.963 bits per heavy atom. The zero-order valence-corrected chi connectivity index (χ0v) is 15.9. The summed E-state index contributed by atoms with van der Waals surface area (Å²) in [6.45, 7) is 0.110. The van der Waals surface area contributed by atoms with E-state index in [0.717, 1.165) is 18.5 Å². The molecule has 0 bridgehead atoms. The van der Waals surface area contributed by atoms with Gasteiger partial charge >= 0.3 is 0 Å². The molecule has 27 heavy (non-hydrogen) atoms. The van der Waals surface area contributed by atoms with Crippen LogP contribution in [0.25, 0.3) is 0 Å². The number of para-hydroxylation sites is 1. The largest absolute Gasteiger partial charge is 0.376 e. The van der Waals surface area contributed by atoms with Crippen LogP contribution < -0.4 is 16.0 Å². The summed E-state index contributed by atoms with van der Waals surface area (Å²) in [5.41, 5.74) is 1.99. The van der Waals surface area contributed by atoms with E-state index in [0.29, 0.717) is 16.3 Å². The number of carbonyl (C=O) groups is 2. The molecule has 142 valence electrons. The number of hydrogen-bond donors (Lipinski definition) is 3. The van der Waals surface area contributed by atoms with E-state index in [4.69, 9.17) is 11.6 Å².